The number of carbonyl (C=O) groups is 1. The van der Waals surface area contributed by atoms with Gasteiger partial charge in [-0.25, -0.2) is 4.79 Å². The third-order valence-corrected chi connectivity index (χ3v) is 11.6. The molecule has 7 rings (SSSR count). The minimum absolute atomic E-state index is 0.169. The van der Waals surface area contributed by atoms with E-state index in [1.165, 1.54) is 21.6 Å². The standard InChI is InChI=1S/C36H46N6O3S/c1-22-23(2)46-32-29(22)30(38-28(20-35(7)37-17-19-44-35)31-40-39-24(3)42(31)32)27-10-8-25(9-11-27)26-12-14-36(15-13-26)16-18-41(21-36)33(43)45-34(4,5)6/h8-11,17,19,26,28,37H,12-16,18,20-21H2,1-7H3/t26?,28-,35?,36?/m0/s1. The molecule has 1 saturated carbocycles. The monoisotopic (exact) mass is 642 g/mol. The highest BCUT2D eigenvalue weighted by molar-refractivity contribution is 7.15. The van der Waals surface area contributed by atoms with E-state index in [0.29, 0.717) is 12.3 Å². The molecular formula is C36H46N6O3S. The first-order valence-corrected chi connectivity index (χ1v) is 17.4. The molecule has 5 heterocycles. The van der Waals surface area contributed by atoms with Gasteiger partial charge in [-0.3, -0.25) is 9.56 Å². The second-order valence-electron chi connectivity index (χ2n) is 14.9. The van der Waals surface area contributed by atoms with Crippen LogP contribution in [0.5, 0.6) is 0 Å². The molecule has 0 radical (unpaired) electrons. The number of aliphatic imine (C=N–C) groups is 1. The van der Waals surface area contributed by atoms with Gasteiger partial charge in [0.2, 0.25) is 0 Å². The number of likely N-dealkylation sites (tertiary alicyclic amines) is 1. The molecule has 2 aromatic heterocycles. The summed E-state index contributed by atoms with van der Waals surface area (Å²) in [6.07, 6.45) is 9.64. The Bertz CT molecular complexity index is 1700. The van der Waals surface area contributed by atoms with Gasteiger partial charge in [0, 0.05) is 41.7 Å². The van der Waals surface area contributed by atoms with Crippen LogP contribution in [0.15, 0.2) is 41.7 Å². The van der Waals surface area contributed by atoms with Crippen LogP contribution < -0.4 is 5.32 Å². The zero-order valence-corrected chi connectivity index (χ0v) is 29.0. The van der Waals surface area contributed by atoms with E-state index in [0.717, 1.165) is 73.1 Å². The van der Waals surface area contributed by atoms with Gasteiger partial charge in [0.1, 0.15) is 28.7 Å². The summed E-state index contributed by atoms with van der Waals surface area (Å²) in [5, 5.41) is 13.6. The molecule has 1 aliphatic carbocycles. The Morgan fingerprint density at radius 2 is 1.85 bits per heavy atom. The lowest BCUT2D eigenvalue weighted by atomic mass is 9.68. The van der Waals surface area contributed by atoms with Crippen molar-refractivity contribution in [2.45, 2.75) is 110 Å². The highest BCUT2D eigenvalue weighted by Gasteiger charge is 2.44. The lowest BCUT2D eigenvalue weighted by Gasteiger charge is -2.37. The number of hydrogen-bond acceptors (Lipinski definition) is 8. The van der Waals surface area contributed by atoms with E-state index in [-0.39, 0.29) is 17.6 Å². The van der Waals surface area contributed by atoms with E-state index in [1.807, 2.05) is 38.8 Å². The number of benzene rings is 1. The maximum atomic E-state index is 12.7. The molecule has 1 N–H and O–H groups in total. The Kier molecular flexibility index (Phi) is 7.57. The number of amides is 1. The average Bonchev–Trinajstić information content (AvgIpc) is 3.77. The number of hydrogen-bond donors (Lipinski definition) is 1. The highest BCUT2D eigenvalue weighted by Crippen LogP contribution is 2.49. The van der Waals surface area contributed by atoms with Crippen molar-refractivity contribution >= 4 is 23.1 Å². The van der Waals surface area contributed by atoms with Crippen LogP contribution in [-0.2, 0) is 9.47 Å². The van der Waals surface area contributed by atoms with Gasteiger partial charge in [-0.15, -0.1) is 21.5 Å². The molecule has 1 amide bonds. The smallest absolute Gasteiger partial charge is 0.410 e. The van der Waals surface area contributed by atoms with Crippen LogP contribution in [0.1, 0.15) is 117 Å². The van der Waals surface area contributed by atoms with Crippen molar-refractivity contribution in [1.29, 1.82) is 0 Å². The molecule has 244 valence electrons. The van der Waals surface area contributed by atoms with E-state index >= 15 is 0 Å². The van der Waals surface area contributed by atoms with E-state index in [2.05, 4.69) is 65.1 Å². The topological polar surface area (TPSA) is 93.9 Å². The van der Waals surface area contributed by atoms with Crippen LogP contribution >= 0.6 is 11.3 Å². The van der Waals surface area contributed by atoms with Crippen LogP contribution in [-0.4, -0.2) is 55.9 Å². The summed E-state index contributed by atoms with van der Waals surface area (Å²) < 4.78 is 13.8. The number of thiophene rings is 1. The lowest BCUT2D eigenvalue weighted by Crippen LogP contribution is -2.38. The number of nitrogens with zero attached hydrogens (tertiary/aromatic N) is 5. The Morgan fingerprint density at radius 1 is 1.11 bits per heavy atom. The summed E-state index contributed by atoms with van der Waals surface area (Å²) >= 11 is 1.78. The molecule has 9 nitrogen and oxygen atoms in total. The molecule has 1 saturated heterocycles. The van der Waals surface area contributed by atoms with E-state index in [9.17, 15) is 4.79 Å². The molecule has 1 aromatic carbocycles. The van der Waals surface area contributed by atoms with Crippen molar-refractivity contribution in [3.63, 3.8) is 0 Å². The molecule has 3 aliphatic heterocycles. The normalized spacial score (nSPS) is 27.1. The molecular weight excluding hydrogens is 597 g/mol. The molecule has 1 unspecified atom stereocenters. The van der Waals surface area contributed by atoms with Crippen LogP contribution in [0, 0.1) is 26.2 Å². The minimum Gasteiger partial charge on any atom is -0.475 e. The Labute approximate surface area is 276 Å². The Balaban J connectivity index is 1.13. The molecule has 1 spiro atoms. The molecule has 2 fully saturated rings. The molecule has 10 heteroatoms. The first kappa shape index (κ1) is 31.0. The fourth-order valence-electron chi connectivity index (χ4n) is 7.73. The van der Waals surface area contributed by atoms with Crippen molar-refractivity contribution in [1.82, 2.24) is 25.0 Å². The van der Waals surface area contributed by atoms with E-state index in [1.54, 1.807) is 17.6 Å². The van der Waals surface area contributed by atoms with Crippen molar-refractivity contribution in [2.24, 2.45) is 10.4 Å². The number of fused-ring (bicyclic) bond motifs is 3. The fourth-order valence-corrected chi connectivity index (χ4v) is 8.95. The summed E-state index contributed by atoms with van der Waals surface area (Å²) in [6, 6.07) is 8.91. The predicted octanol–water partition coefficient (Wildman–Crippen LogP) is 7.63. The van der Waals surface area contributed by atoms with Gasteiger partial charge in [-0.2, -0.15) is 0 Å². The minimum atomic E-state index is -0.571. The fraction of sp³-hybridized carbons (Fsp3) is 0.556. The quantitative estimate of drug-likeness (QED) is 0.315. The molecule has 3 aromatic rings. The first-order chi connectivity index (χ1) is 21.8. The van der Waals surface area contributed by atoms with Crippen LogP contribution in [0.3, 0.4) is 0 Å². The summed E-state index contributed by atoms with van der Waals surface area (Å²) in [4.78, 5) is 21.4. The number of carbonyl (C=O) groups excluding carboxylic acids is 1. The highest BCUT2D eigenvalue weighted by atomic mass is 32.1. The van der Waals surface area contributed by atoms with E-state index < -0.39 is 11.3 Å². The maximum Gasteiger partial charge on any atom is 0.410 e. The second-order valence-corrected chi connectivity index (χ2v) is 16.1. The van der Waals surface area contributed by atoms with Gasteiger partial charge in [-0.1, -0.05) is 24.3 Å². The van der Waals surface area contributed by atoms with Gasteiger partial charge in [0.05, 0.1) is 5.71 Å². The third kappa shape index (κ3) is 5.63. The van der Waals surface area contributed by atoms with Crippen LogP contribution in [0.4, 0.5) is 4.79 Å². The van der Waals surface area contributed by atoms with Crippen molar-refractivity contribution in [2.75, 3.05) is 13.1 Å². The molecule has 4 aliphatic rings. The van der Waals surface area contributed by atoms with Gasteiger partial charge < -0.3 is 19.7 Å². The number of nitrogens with one attached hydrogen (secondary N) is 1. The first-order valence-electron chi connectivity index (χ1n) is 16.6. The maximum absolute atomic E-state index is 12.7. The zero-order valence-electron chi connectivity index (χ0n) is 28.1. The summed E-state index contributed by atoms with van der Waals surface area (Å²) in [5.74, 6) is 2.24. The molecule has 0 bridgehead atoms. The van der Waals surface area contributed by atoms with Crippen LogP contribution in [0.25, 0.3) is 5.00 Å². The Morgan fingerprint density at radius 3 is 2.52 bits per heavy atom. The SMILES string of the molecule is Cc1sc2c(c1C)C(c1ccc(C3CCC4(CC3)CCN(C(=O)OC(C)(C)C)C4)cc1)=N[C@@H](CC1(C)NC=CO1)c1nnc(C)n1-2. The third-order valence-electron chi connectivity index (χ3n) is 10.4. The predicted molar refractivity (Wildman–Crippen MR) is 181 cm³/mol. The van der Waals surface area contributed by atoms with Gasteiger partial charge in [-0.05, 0) is 103 Å². The summed E-state index contributed by atoms with van der Waals surface area (Å²) in [5.41, 5.74) is 5.12. The van der Waals surface area contributed by atoms with E-state index in [4.69, 9.17) is 14.5 Å². The van der Waals surface area contributed by atoms with Crippen molar-refractivity contribution in [3.05, 3.63) is 75.5 Å². The molecule has 2 atom stereocenters. The van der Waals surface area contributed by atoms with Gasteiger partial charge >= 0.3 is 6.09 Å². The van der Waals surface area contributed by atoms with Gasteiger partial charge in [0.25, 0.3) is 0 Å². The molecule has 46 heavy (non-hydrogen) atoms. The van der Waals surface area contributed by atoms with Crippen molar-refractivity contribution in [3.8, 4) is 5.00 Å². The number of rotatable bonds is 4. The summed E-state index contributed by atoms with van der Waals surface area (Å²) in [6.45, 7) is 15.9. The Hall–Kier alpha value is -3.66. The second kappa shape index (κ2) is 11.2. The average molecular weight is 643 g/mol. The zero-order chi connectivity index (χ0) is 32.4. The number of ether oxygens (including phenoxy) is 2. The number of aromatic nitrogens is 3. The largest absolute Gasteiger partial charge is 0.475 e. The van der Waals surface area contributed by atoms with Crippen molar-refractivity contribution < 1.29 is 14.3 Å². The number of aryl methyl sites for hydroxylation is 2. The van der Waals surface area contributed by atoms with Crippen LogP contribution in [0.2, 0.25) is 0 Å². The summed E-state index contributed by atoms with van der Waals surface area (Å²) in [7, 11) is 0. The van der Waals surface area contributed by atoms with Gasteiger partial charge in [0.15, 0.2) is 11.5 Å². The lowest BCUT2D eigenvalue weighted by molar-refractivity contribution is 0.0259.